The average Bonchev–Trinajstić information content (AvgIpc) is 2.78. The highest BCUT2D eigenvalue weighted by Gasteiger charge is 2.14. The number of nitrogens with one attached hydrogen (secondary N) is 1. The summed E-state index contributed by atoms with van der Waals surface area (Å²) >= 11 is 0. The van der Waals surface area contributed by atoms with Gasteiger partial charge in [-0.1, -0.05) is 36.4 Å². The zero-order valence-electron chi connectivity index (χ0n) is 16.6. The topological polar surface area (TPSA) is 77.5 Å². The van der Waals surface area contributed by atoms with Crippen LogP contribution in [0, 0.1) is 0 Å². The van der Waals surface area contributed by atoms with Gasteiger partial charge in [-0.05, 0) is 48.4 Å². The van der Waals surface area contributed by atoms with Crippen LogP contribution in [0.1, 0.15) is 28.4 Å². The molecular weight excluding hydrogens is 380 g/mol. The molecule has 1 heterocycles. The molecule has 0 aliphatic carbocycles. The van der Waals surface area contributed by atoms with Gasteiger partial charge in [0.2, 0.25) is 0 Å². The van der Waals surface area contributed by atoms with Crippen LogP contribution in [0.5, 0.6) is 5.75 Å². The predicted molar refractivity (Wildman–Crippen MR) is 115 cm³/mol. The fourth-order valence-electron chi connectivity index (χ4n) is 2.68. The maximum Gasteiger partial charge on any atom is 0.330 e. The van der Waals surface area contributed by atoms with Gasteiger partial charge >= 0.3 is 5.97 Å². The minimum atomic E-state index is -0.441. The molecule has 3 rings (SSSR count). The smallest absolute Gasteiger partial charge is 0.330 e. The first-order valence-corrected chi connectivity index (χ1v) is 9.52. The molecule has 1 aromatic heterocycles. The number of benzene rings is 2. The van der Waals surface area contributed by atoms with E-state index in [1.807, 2.05) is 30.3 Å². The van der Waals surface area contributed by atoms with Gasteiger partial charge < -0.3 is 14.8 Å². The largest absolute Gasteiger partial charge is 0.488 e. The van der Waals surface area contributed by atoms with E-state index in [1.165, 1.54) is 6.08 Å². The molecule has 1 N–H and O–H groups in total. The molecule has 0 aliphatic rings. The summed E-state index contributed by atoms with van der Waals surface area (Å²) < 4.78 is 10.8. The molecule has 0 aliphatic heterocycles. The summed E-state index contributed by atoms with van der Waals surface area (Å²) in [5.74, 6) is -0.339. The summed E-state index contributed by atoms with van der Waals surface area (Å²) in [6.45, 7) is 2.37. The second-order valence-electron chi connectivity index (χ2n) is 6.31. The number of amides is 1. The van der Waals surface area contributed by atoms with E-state index in [0.717, 1.165) is 5.56 Å². The summed E-state index contributed by atoms with van der Waals surface area (Å²) in [7, 11) is 0. The number of carbonyl (C=O) groups is 2. The number of nitrogens with zero attached hydrogens (tertiary/aromatic N) is 1. The number of esters is 1. The van der Waals surface area contributed by atoms with Gasteiger partial charge in [-0.2, -0.15) is 0 Å². The first-order chi connectivity index (χ1) is 14.7. The molecule has 0 bridgehead atoms. The molecule has 152 valence electrons. The highest BCUT2D eigenvalue weighted by molar-refractivity contribution is 6.06. The Hall–Kier alpha value is -3.93. The Morgan fingerprint density at radius 2 is 1.90 bits per heavy atom. The van der Waals surface area contributed by atoms with E-state index in [9.17, 15) is 9.59 Å². The molecule has 0 saturated carbocycles. The number of aromatic nitrogens is 1. The zero-order chi connectivity index (χ0) is 21.2. The van der Waals surface area contributed by atoms with Crippen LogP contribution in [0.4, 0.5) is 5.69 Å². The Morgan fingerprint density at radius 1 is 1.07 bits per heavy atom. The van der Waals surface area contributed by atoms with E-state index in [2.05, 4.69) is 10.3 Å². The van der Waals surface area contributed by atoms with Gasteiger partial charge in [-0.25, -0.2) is 4.79 Å². The molecule has 2 aromatic carbocycles. The molecule has 6 heteroatoms. The molecule has 3 aromatic rings. The number of anilines is 1. The fourth-order valence-corrected chi connectivity index (χ4v) is 2.68. The number of ether oxygens (including phenoxy) is 2. The SMILES string of the molecule is CCOC(=O)/C=C\c1ccc(OCc2ccccc2)c(C(=O)Nc2cccnc2)c1. The summed E-state index contributed by atoms with van der Waals surface area (Å²) in [6, 6.07) is 18.3. The second kappa shape index (κ2) is 10.6. The van der Waals surface area contributed by atoms with Crippen LogP contribution in [0.25, 0.3) is 6.08 Å². The summed E-state index contributed by atoms with van der Waals surface area (Å²) in [5, 5.41) is 2.81. The van der Waals surface area contributed by atoms with Crippen LogP contribution in [0.15, 0.2) is 79.1 Å². The highest BCUT2D eigenvalue weighted by Crippen LogP contribution is 2.24. The third-order valence-electron chi connectivity index (χ3n) is 4.10. The fraction of sp³-hybridized carbons (Fsp3) is 0.125. The Balaban J connectivity index is 1.84. The van der Waals surface area contributed by atoms with Crippen molar-refractivity contribution < 1.29 is 19.1 Å². The lowest BCUT2D eigenvalue weighted by Crippen LogP contribution is -2.14. The van der Waals surface area contributed by atoms with Crippen molar-refractivity contribution in [1.29, 1.82) is 0 Å². The van der Waals surface area contributed by atoms with Crippen LogP contribution in [0.2, 0.25) is 0 Å². The maximum atomic E-state index is 12.9. The quantitative estimate of drug-likeness (QED) is 0.444. The maximum absolute atomic E-state index is 12.9. The Kier molecular flexibility index (Phi) is 7.33. The minimum absolute atomic E-state index is 0.300. The monoisotopic (exact) mass is 402 g/mol. The van der Waals surface area contributed by atoms with Crippen LogP contribution >= 0.6 is 0 Å². The second-order valence-corrected chi connectivity index (χ2v) is 6.31. The highest BCUT2D eigenvalue weighted by atomic mass is 16.5. The van der Waals surface area contributed by atoms with Gasteiger partial charge in [0.15, 0.2) is 0 Å². The molecule has 0 atom stereocenters. The van der Waals surface area contributed by atoms with E-state index >= 15 is 0 Å². The van der Waals surface area contributed by atoms with E-state index in [-0.39, 0.29) is 5.91 Å². The van der Waals surface area contributed by atoms with E-state index < -0.39 is 5.97 Å². The van der Waals surface area contributed by atoms with Crippen LogP contribution in [-0.2, 0) is 16.1 Å². The van der Waals surface area contributed by atoms with Crippen molar-refractivity contribution in [1.82, 2.24) is 4.98 Å². The first-order valence-electron chi connectivity index (χ1n) is 9.52. The molecule has 6 nitrogen and oxygen atoms in total. The molecule has 0 unspecified atom stereocenters. The first kappa shape index (κ1) is 20.8. The summed E-state index contributed by atoms with van der Waals surface area (Å²) in [5.41, 5.74) is 2.58. The van der Waals surface area contributed by atoms with Crippen molar-refractivity contribution in [2.24, 2.45) is 0 Å². The van der Waals surface area contributed by atoms with Crippen molar-refractivity contribution >= 4 is 23.6 Å². The third-order valence-corrected chi connectivity index (χ3v) is 4.10. The lowest BCUT2D eigenvalue weighted by molar-refractivity contribution is -0.137. The number of hydrogen-bond donors (Lipinski definition) is 1. The van der Waals surface area contributed by atoms with Crippen molar-refractivity contribution in [2.45, 2.75) is 13.5 Å². The number of rotatable bonds is 8. The summed E-state index contributed by atoms with van der Waals surface area (Å²) in [4.78, 5) is 28.5. The number of hydrogen-bond acceptors (Lipinski definition) is 5. The Bertz CT molecular complexity index is 1020. The van der Waals surface area contributed by atoms with Gasteiger partial charge in [0.25, 0.3) is 5.91 Å². The molecule has 0 spiro atoms. The Labute approximate surface area is 175 Å². The molecule has 0 radical (unpaired) electrons. The van der Waals surface area contributed by atoms with Gasteiger partial charge in [-0.3, -0.25) is 9.78 Å². The summed E-state index contributed by atoms with van der Waals surface area (Å²) in [6.07, 6.45) is 6.11. The molecule has 0 saturated heterocycles. The normalized spacial score (nSPS) is 10.6. The van der Waals surface area contributed by atoms with Crippen LogP contribution < -0.4 is 10.1 Å². The van der Waals surface area contributed by atoms with Crippen LogP contribution in [0.3, 0.4) is 0 Å². The molecule has 0 fully saturated rings. The third kappa shape index (κ3) is 6.04. The lowest BCUT2D eigenvalue weighted by Gasteiger charge is -2.13. The van der Waals surface area contributed by atoms with Crippen molar-refractivity contribution in [3.8, 4) is 5.75 Å². The minimum Gasteiger partial charge on any atom is -0.488 e. The lowest BCUT2D eigenvalue weighted by atomic mass is 10.1. The molecule has 1 amide bonds. The van der Waals surface area contributed by atoms with Crippen molar-refractivity contribution in [2.75, 3.05) is 11.9 Å². The molecule has 30 heavy (non-hydrogen) atoms. The van der Waals surface area contributed by atoms with Crippen molar-refractivity contribution in [3.63, 3.8) is 0 Å². The van der Waals surface area contributed by atoms with Gasteiger partial charge in [0, 0.05) is 12.3 Å². The van der Waals surface area contributed by atoms with Crippen molar-refractivity contribution in [3.05, 3.63) is 95.8 Å². The predicted octanol–water partition coefficient (Wildman–Crippen LogP) is 4.49. The van der Waals surface area contributed by atoms with E-state index in [1.54, 1.807) is 55.7 Å². The van der Waals surface area contributed by atoms with Crippen LogP contribution in [-0.4, -0.2) is 23.5 Å². The average molecular weight is 402 g/mol. The zero-order valence-corrected chi connectivity index (χ0v) is 16.6. The molecular formula is C24H22N2O4. The van der Waals surface area contributed by atoms with Gasteiger partial charge in [-0.15, -0.1) is 0 Å². The van der Waals surface area contributed by atoms with E-state index in [0.29, 0.717) is 35.8 Å². The van der Waals surface area contributed by atoms with Gasteiger partial charge in [0.1, 0.15) is 12.4 Å². The van der Waals surface area contributed by atoms with E-state index in [4.69, 9.17) is 9.47 Å². The Morgan fingerprint density at radius 3 is 2.63 bits per heavy atom. The standard InChI is InChI=1S/C24H22N2O4/c1-2-29-23(27)13-11-18-10-12-22(30-17-19-7-4-3-5-8-19)21(15-18)24(28)26-20-9-6-14-25-16-20/h3-16H,2,17H2,1H3,(H,26,28)/b13-11-. The number of carbonyl (C=O) groups excluding carboxylic acids is 2. The number of pyridine rings is 1. The van der Waals surface area contributed by atoms with Gasteiger partial charge in [0.05, 0.1) is 24.1 Å².